The monoisotopic (exact) mass is 290 g/mol. The Balaban J connectivity index is 1.83. The molecule has 0 spiro atoms. The Hall–Kier alpha value is -1.16. The van der Waals surface area contributed by atoms with E-state index in [1.54, 1.807) is 0 Å². The van der Waals surface area contributed by atoms with E-state index in [2.05, 4.69) is 43.2 Å². The molecule has 1 aromatic heterocycles. The first-order valence-corrected chi connectivity index (χ1v) is 8.48. The van der Waals surface area contributed by atoms with E-state index in [0.717, 1.165) is 29.1 Å². The van der Waals surface area contributed by atoms with Gasteiger partial charge >= 0.3 is 0 Å². The van der Waals surface area contributed by atoms with Gasteiger partial charge in [-0.05, 0) is 35.8 Å². The zero-order valence-corrected chi connectivity index (χ0v) is 13.2. The van der Waals surface area contributed by atoms with Crippen molar-refractivity contribution in [2.24, 2.45) is 5.41 Å². The van der Waals surface area contributed by atoms with Crippen LogP contribution >= 0.6 is 11.8 Å². The standard InChI is InChI=1S/C16H22N2OS/c1-4-15-18-12-9-11(5-6-13(12)19-15)17-14-10-20-8-7-16(14,2)3/h5-6,9,14,17H,4,7-8,10H2,1-3H3. The lowest BCUT2D eigenvalue weighted by Crippen LogP contribution is -2.41. The smallest absolute Gasteiger partial charge is 0.195 e. The third-order valence-electron chi connectivity index (χ3n) is 4.19. The lowest BCUT2D eigenvalue weighted by Gasteiger charge is -2.39. The molecule has 1 aliphatic heterocycles. The lowest BCUT2D eigenvalue weighted by atomic mass is 9.82. The number of nitrogens with zero attached hydrogens (tertiary/aromatic N) is 1. The average molecular weight is 290 g/mol. The minimum absolute atomic E-state index is 0.346. The Morgan fingerprint density at radius 1 is 1.45 bits per heavy atom. The van der Waals surface area contributed by atoms with Crippen LogP contribution in [0.15, 0.2) is 22.6 Å². The second-order valence-corrected chi connectivity index (χ2v) is 7.30. The minimum atomic E-state index is 0.346. The van der Waals surface area contributed by atoms with Crippen LogP contribution in [-0.4, -0.2) is 22.5 Å². The fourth-order valence-corrected chi connectivity index (χ4v) is 4.20. The molecule has 0 bridgehead atoms. The molecular formula is C16H22N2OS. The number of rotatable bonds is 3. The van der Waals surface area contributed by atoms with Crippen molar-refractivity contribution in [1.29, 1.82) is 0 Å². The fraction of sp³-hybridized carbons (Fsp3) is 0.562. The van der Waals surface area contributed by atoms with Crippen molar-refractivity contribution in [1.82, 2.24) is 4.98 Å². The molecule has 3 rings (SSSR count). The highest BCUT2D eigenvalue weighted by molar-refractivity contribution is 7.99. The number of aryl methyl sites for hydroxylation is 1. The summed E-state index contributed by atoms with van der Waals surface area (Å²) in [5, 5.41) is 3.69. The summed E-state index contributed by atoms with van der Waals surface area (Å²) in [6.45, 7) is 6.77. The zero-order chi connectivity index (χ0) is 14.2. The molecule has 20 heavy (non-hydrogen) atoms. The van der Waals surface area contributed by atoms with Crippen molar-refractivity contribution in [3.63, 3.8) is 0 Å². The van der Waals surface area contributed by atoms with E-state index in [1.807, 2.05) is 17.8 Å². The molecule has 1 fully saturated rings. The molecule has 1 unspecified atom stereocenters. The molecule has 108 valence electrons. The predicted octanol–water partition coefficient (Wildman–Crippen LogP) is 4.33. The molecule has 4 heteroatoms. The number of fused-ring (bicyclic) bond motifs is 1. The number of hydrogen-bond acceptors (Lipinski definition) is 4. The second-order valence-electron chi connectivity index (χ2n) is 6.15. The Morgan fingerprint density at radius 3 is 3.05 bits per heavy atom. The molecule has 1 atom stereocenters. The van der Waals surface area contributed by atoms with Crippen molar-refractivity contribution in [3.8, 4) is 0 Å². The van der Waals surface area contributed by atoms with E-state index in [-0.39, 0.29) is 0 Å². The van der Waals surface area contributed by atoms with Crippen LogP contribution in [0.3, 0.4) is 0 Å². The maximum absolute atomic E-state index is 5.66. The van der Waals surface area contributed by atoms with Crippen LogP contribution in [0.1, 0.15) is 33.1 Å². The summed E-state index contributed by atoms with van der Waals surface area (Å²) in [4.78, 5) is 4.51. The maximum atomic E-state index is 5.66. The molecule has 1 saturated heterocycles. The van der Waals surface area contributed by atoms with Crippen molar-refractivity contribution in [2.75, 3.05) is 16.8 Å². The molecule has 0 aliphatic carbocycles. The SMILES string of the molecule is CCc1nc2cc(NC3CSCCC3(C)C)ccc2o1. The van der Waals surface area contributed by atoms with Gasteiger partial charge in [0, 0.05) is 23.9 Å². The third-order valence-corrected chi connectivity index (χ3v) is 5.26. The highest BCUT2D eigenvalue weighted by Crippen LogP contribution is 2.36. The Kier molecular flexibility index (Phi) is 3.67. The van der Waals surface area contributed by atoms with E-state index in [1.165, 1.54) is 17.9 Å². The first kappa shape index (κ1) is 13.8. The summed E-state index contributed by atoms with van der Waals surface area (Å²) in [7, 11) is 0. The van der Waals surface area contributed by atoms with Crippen molar-refractivity contribution in [3.05, 3.63) is 24.1 Å². The third kappa shape index (κ3) is 2.66. The molecule has 1 aliphatic rings. The molecule has 0 saturated carbocycles. The van der Waals surface area contributed by atoms with E-state index in [4.69, 9.17) is 4.42 Å². The van der Waals surface area contributed by atoms with Gasteiger partial charge < -0.3 is 9.73 Å². The van der Waals surface area contributed by atoms with E-state index in [9.17, 15) is 0 Å². The summed E-state index contributed by atoms with van der Waals surface area (Å²) in [5.74, 6) is 3.25. The minimum Gasteiger partial charge on any atom is -0.441 e. The van der Waals surface area contributed by atoms with E-state index < -0.39 is 0 Å². The van der Waals surface area contributed by atoms with Gasteiger partial charge in [0.25, 0.3) is 0 Å². The highest BCUT2D eigenvalue weighted by Gasteiger charge is 2.32. The lowest BCUT2D eigenvalue weighted by molar-refractivity contribution is 0.305. The van der Waals surface area contributed by atoms with Crippen LogP contribution in [0.25, 0.3) is 11.1 Å². The number of anilines is 1. The topological polar surface area (TPSA) is 38.1 Å². The van der Waals surface area contributed by atoms with Gasteiger partial charge in [0.15, 0.2) is 11.5 Å². The van der Waals surface area contributed by atoms with Gasteiger partial charge in [-0.1, -0.05) is 20.8 Å². The van der Waals surface area contributed by atoms with E-state index >= 15 is 0 Å². The van der Waals surface area contributed by atoms with Gasteiger partial charge in [-0.2, -0.15) is 11.8 Å². The number of thioether (sulfide) groups is 1. The summed E-state index contributed by atoms with van der Waals surface area (Å²) in [5.41, 5.74) is 3.32. The molecule has 0 radical (unpaired) electrons. The number of hydrogen-bond donors (Lipinski definition) is 1. The van der Waals surface area contributed by atoms with Crippen LogP contribution in [0.2, 0.25) is 0 Å². The van der Waals surface area contributed by atoms with Gasteiger partial charge in [0.05, 0.1) is 0 Å². The summed E-state index contributed by atoms with van der Waals surface area (Å²) < 4.78 is 5.66. The molecule has 1 N–H and O–H groups in total. The summed E-state index contributed by atoms with van der Waals surface area (Å²) >= 11 is 2.04. The first-order chi connectivity index (χ1) is 9.58. The van der Waals surface area contributed by atoms with Gasteiger partial charge in [0.1, 0.15) is 5.52 Å². The number of benzene rings is 1. The molecule has 1 aromatic carbocycles. The van der Waals surface area contributed by atoms with Gasteiger partial charge in [-0.15, -0.1) is 0 Å². The Morgan fingerprint density at radius 2 is 2.30 bits per heavy atom. The number of aromatic nitrogens is 1. The largest absolute Gasteiger partial charge is 0.441 e. The normalized spacial score (nSPS) is 22.1. The van der Waals surface area contributed by atoms with Crippen LogP contribution in [-0.2, 0) is 6.42 Å². The van der Waals surface area contributed by atoms with Crippen LogP contribution in [0.4, 0.5) is 5.69 Å². The Bertz CT molecular complexity index is 606. The molecule has 0 amide bonds. The van der Waals surface area contributed by atoms with E-state index in [0.29, 0.717) is 11.5 Å². The van der Waals surface area contributed by atoms with Crippen molar-refractivity contribution >= 4 is 28.5 Å². The average Bonchev–Trinajstić information content (AvgIpc) is 2.83. The first-order valence-electron chi connectivity index (χ1n) is 7.32. The van der Waals surface area contributed by atoms with Crippen LogP contribution in [0.5, 0.6) is 0 Å². The van der Waals surface area contributed by atoms with Gasteiger partial charge in [0.2, 0.25) is 0 Å². The zero-order valence-electron chi connectivity index (χ0n) is 12.4. The van der Waals surface area contributed by atoms with Gasteiger partial charge in [-0.25, -0.2) is 4.98 Å². The number of nitrogens with one attached hydrogen (secondary N) is 1. The fourth-order valence-electron chi connectivity index (χ4n) is 2.59. The molecule has 3 nitrogen and oxygen atoms in total. The molecule has 2 heterocycles. The molecule has 2 aromatic rings. The molecular weight excluding hydrogens is 268 g/mol. The quantitative estimate of drug-likeness (QED) is 0.913. The summed E-state index contributed by atoms with van der Waals surface area (Å²) in [6.07, 6.45) is 2.10. The van der Waals surface area contributed by atoms with Crippen LogP contribution in [0, 0.1) is 5.41 Å². The van der Waals surface area contributed by atoms with Crippen molar-refractivity contribution in [2.45, 2.75) is 39.7 Å². The second kappa shape index (κ2) is 5.32. The number of oxazole rings is 1. The Labute approximate surface area is 124 Å². The summed E-state index contributed by atoms with van der Waals surface area (Å²) in [6, 6.07) is 6.74. The predicted molar refractivity (Wildman–Crippen MR) is 86.5 cm³/mol. The maximum Gasteiger partial charge on any atom is 0.195 e. The highest BCUT2D eigenvalue weighted by atomic mass is 32.2. The van der Waals surface area contributed by atoms with Crippen LogP contribution < -0.4 is 5.32 Å². The van der Waals surface area contributed by atoms with Crippen molar-refractivity contribution < 1.29 is 4.42 Å². The van der Waals surface area contributed by atoms with Gasteiger partial charge in [-0.3, -0.25) is 0 Å².